The lowest BCUT2D eigenvalue weighted by atomic mass is 9.88. The Morgan fingerprint density at radius 1 is 1.23 bits per heavy atom. The van der Waals surface area contributed by atoms with Gasteiger partial charge in [-0.05, 0) is 54.7 Å². The highest BCUT2D eigenvalue weighted by atomic mass is 35.5. The molecule has 3 N–H and O–H groups in total. The number of nitrogens with two attached hydrogens (primary N) is 1. The lowest BCUT2D eigenvalue weighted by Gasteiger charge is -2.26. The predicted molar refractivity (Wildman–Crippen MR) is 105 cm³/mol. The quantitative estimate of drug-likeness (QED) is 0.598. The number of carbonyl (C=O) groups excluding carboxylic acids is 1. The van der Waals surface area contributed by atoms with Gasteiger partial charge in [-0.2, -0.15) is 0 Å². The topological polar surface area (TPSA) is 89.3 Å². The lowest BCUT2D eigenvalue weighted by molar-refractivity contribution is 0.0988. The smallest absolute Gasteiger partial charge is 0.241 e. The van der Waals surface area contributed by atoms with Gasteiger partial charge in [0.2, 0.25) is 10.0 Å². The molecule has 1 atom stereocenters. The van der Waals surface area contributed by atoms with Crippen LogP contribution in [-0.2, 0) is 16.4 Å². The van der Waals surface area contributed by atoms with E-state index in [2.05, 4.69) is 4.72 Å². The first kappa shape index (κ1) is 20.4. The van der Waals surface area contributed by atoms with E-state index in [4.69, 9.17) is 5.73 Å². The Morgan fingerprint density at radius 2 is 2.00 bits per heavy atom. The van der Waals surface area contributed by atoms with Crippen molar-refractivity contribution in [3.05, 3.63) is 59.2 Å². The average Bonchev–Trinajstić information content (AvgIpc) is 2.61. The van der Waals surface area contributed by atoms with Crippen molar-refractivity contribution in [2.75, 3.05) is 5.73 Å². The van der Waals surface area contributed by atoms with Crippen LogP contribution in [0.5, 0.6) is 0 Å². The zero-order chi connectivity index (χ0) is 18.0. The molecule has 0 heterocycles. The number of carbonyl (C=O) groups is 1. The number of fused-ring (bicyclic) bond motifs is 1. The van der Waals surface area contributed by atoms with Crippen molar-refractivity contribution in [3.8, 4) is 0 Å². The number of anilines is 1. The molecule has 0 aromatic heterocycles. The molecule has 0 spiro atoms. The van der Waals surface area contributed by atoms with Crippen LogP contribution < -0.4 is 10.5 Å². The van der Waals surface area contributed by atoms with Crippen molar-refractivity contribution in [3.63, 3.8) is 0 Å². The molecule has 1 unspecified atom stereocenters. The molecule has 3 rings (SSSR count). The number of rotatable bonds is 5. The summed E-state index contributed by atoms with van der Waals surface area (Å²) < 4.78 is 28.4. The molecule has 1 aliphatic rings. The molecule has 0 aliphatic heterocycles. The summed E-state index contributed by atoms with van der Waals surface area (Å²) >= 11 is 0. The Hall–Kier alpha value is -1.89. The van der Waals surface area contributed by atoms with Crippen molar-refractivity contribution < 1.29 is 13.2 Å². The van der Waals surface area contributed by atoms with Crippen molar-refractivity contribution in [1.29, 1.82) is 0 Å². The number of aryl methyl sites for hydroxylation is 1. The fourth-order valence-corrected chi connectivity index (χ4v) is 4.55. The normalized spacial score (nSPS) is 16.4. The number of hydrogen-bond acceptors (Lipinski definition) is 4. The molecule has 0 saturated heterocycles. The lowest BCUT2D eigenvalue weighted by Crippen LogP contribution is -2.31. The second-order valence-corrected chi connectivity index (χ2v) is 8.04. The van der Waals surface area contributed by atoms with E-state index in [0.29, 0.717) is 17.7 Å². The molecule has 2 aromatic carbocycles. The van der Waals surface area contributed by atoms with E-state index in [1.165, 1.54) is 12.1 Å². The number of nitrogen functional groups attached to an aromatic ring is 1. The molecular formula is C19H23ClN2O3S. The van der Waals surface area contributed by atoms with Crippen LogP contribution in [0.3, 0.4) is 0 Å². The minimum atomic E-state index is -3.71. The molecule has 1 aliphatic carbocycles. The Morgan fingerprint density at radius 3 is 2.73 bits per heavy atom. The van der Waals surface area contributed by atoms with E-state index in [1.54, 1.807) is 25.1 Å². The average molecular weight is 395 g/mol. The van der Waals surface area contributed by atoms with Crippen LogP contribution in [0.25, 0.3) is 0 Å². The van der Waals surface area contributed by atoms with Gasteiger partial charge in [0.1, 0.15) is 0 Å². The molecule has 0 saturated carbocycles. The summed E-state index contributed by atoms with van der Waals surface area (Å²) in [5, 5.41) is 0. The van der Waals surface area contributed by atoms with E-state index >= 15 is 0 Å². The van der Waals surface area contributed by atoms with Crippen LogP contribution in [-0.4, -0.2) is 14.2 Å². The van der Waals surface area contributed by atoms with Crippen molar-refractivity contribution >= 4 is 33.9 Å². The second-order valence-electron chi connectivity index (χ2n) is 6.33. The summed E-state index contributed by atoms with van der Waals surface area (Å²) in [5.74, 6) is -0.0736. The van der Waals surface area contributed by atoms with Crippen LogP contribution >= 0.6 is 12.4 Å². The van der Waals surface area contributed by atoms with Gasteiger partial charge in [0.05, 0.1) is 4.90 Å². The predicted octanol–water partition coefficient (Wildman–Crippen LogP) is 3.64. The van der Waals surface area contributed by atoms with E-state index in [1.807, 2.05) is 12.1 Å². The van der Waals surface area contributed by atoms with Crippen molar-refractivity contribution in [2.45, 2.75) is 43.5 Å². The largest absolute Gasteiger partial charge is 0.399 e. The third kappa shape index (κ3) is 4.26. The summed E-state index contributed by atoms with van der Waals surface area (Å²) in [6.45, 7) is 1.76. The van der Waals surface area contributed by atoms with Crippen LogP contribution in [0.1, 0.15) is 53.7 Å². The molecule has 0 fully saturated rings. The van der Waals surface area contributed by atoms with Crippen LogP contribution in [0.15, 0.2) is 47.4 Å². The zero-order valence-electron chi connectivity index (χ0n) is 14.6. The Kier molecular flexibility index (Phi) is 6.44. The van der Waals surface area contributed by atoms with E-state index in [9.17, 15) is 13.2 Å². The molecule has 0 amide bonds. The van der Waals surface area contributed by atoms with Gasteiger partial charge >= 0.3 is 0 Å². The first-order chi connectivity index (χ1) is 11.9. The van der Waals surface area contributed by atoms with E-state index in [-0.39, 0.29) is 29.1 Å². The van der Waals surface area contributed by atoms with Crippen LogP contribution in [0, 0.1) is 0 Å². The van der Waals surface area contributed by atoms with Gasteiger partial charge in [-0.1, -0.05) is 25.1 Å². The molecule has 5 nitrogen and oxygen atoms in total. The number of ketones is 1. The fraction of sp³-hybridized carbons (Fsp3) is 0.316. The number of sulfonamides is 1. The molecule has 2 aromatic rings. The maximum atomic E-state index is 12.8. The van der Waals surface area contributed by atoms with Crippen molar-refractivity contribution in [2.24, 2.45) is 0 Å². The van der Waals surface area contributed by atoms with Gasteiger partial charge in [-0.25, -0.2) is 13.1 Å². The Labute approximate surface area is 160 Å². The Balaban J connectivity index is 0.00000243. The summed E-state index contributed by atoms with van der Waals surface area (Å²) in [7, 11) is -3.71. The first-order valence-corrected chi connectivity index (χ1v) is 9.93. The van der Waals surface area contributed by atoms with Gasteiger partial charge in [0, 0.05) is 23.7 Å². The van der Waals surface area contributed by atoms with Crippen LogP contribution in [0.4, 0.5) is 5.69 Å². The molecule has 7 heteroatoms. The molecule has 0 radical (unpaired) electrons. The summed E-state index contributed by atoms with van der Waals surface area (Å²) in [6, 6.07) is 11.5. The zero-order valence-corrected chi connectivity index (χ0v) is 16.2. The molecule has 0 bridgehead atoms. The van der Waals surface area contributed by atoms with Gasteiger partial charge < -0.3 is 5.73 Å². The van der Waals surface area contributed by atoms with Crippen molar-refractivity contribution in [1.82, 2.24) is 4.72 Å². The highest BCUT2D eigenvalue weighted by molar-refractivity contribution is 7.89. The molecule has 140 valence electrons. The summed E-state index contributed by atoms with van der Waals surface area (Å²) in [4.78, 5) is 12.0. The number of benzene rings is 2. The van der Waals surface area contributed by atoms with Gasteiger partial charge in [0.25, 0.3) is 0 Å². The van der Waals surface area contributed by atoms with Gasteiger partial charge in [-0.15, -0.1) is 12.4 Å². The summed E-state index contributed by atoms with van der Waals surface area (Å²) in [6.07, 6.45) is 2.88. The SMILES string of the molecule is CCC(=O)c1cccc(S(=O)(=O)NC2CCCc3cc(N)ccc32)c1.Cl. The Bertz CT molecular complexity index is 913. The van der Waals surface area contributed by atoms with E-state index in [0.717, 1.165) is 30.4 Å². The van der Waals surface area contributed by atoms with E-state index < -0.39 is 10.0 Å². The number of hydrogen-bond donors (Lipinski definition) is 2. The monoisotopic (exact) mass is 394 g/mol. The maximum absolute atomic E-state index is 12.8. The highest BCUT2D eigenvalue weighted by Gasteiger charge is 2.26. The third-order valence-electron chi connectivity index (χ3n) is 4.57. The first-order valence-electron chi connectivity index (χ1n) is 8.44. The number of nitrogens with one attached hydrogen (secondary N) is 1. The number of Topliss-reactive ketones (excluding diaryl/α,β-unsaturated/α-hetero) is 1. The molecule has 26 heavy (non-hydrogen) atoms. The second kappa shape index (κ2) is 8.20. The fourth-order valence-electron chi connectivity index (χ4n) is 3.25. The van der Waals surface area contributed by atoms with Crippen LogP contribution in [0.2, 0.25) is 0 Å². The maximum Gasteiger partial charge on any atom is 0.241 e. The highest BCUT2D eigenvalue weighted by Crippen LogP contribution is 2.32. The van der Waals surface area contributed by atoms with Gasteiger partial charge in [0.15, 0.2) is 5.78 Å². The summed E-state index contributed by atoms with van der Waals surface area (Å²) in [5.41, 5.74) is 9.01. The minimum Gasteiger partial charge on any atom is -0.399 e. The minimum absolute atomic E-state index is 0. The third-order valence-corrected chi connectivity index (χ3v) is 6.04. The number of halogens is 1. The standard InChI is InChI=1S/C19H22N2O3S.ClH/c1-2-19(22)14-6-3-7-16(12-14)25(23,24)21-18-8-4-5-13-11-15(20)9-10-17(13)18;/h3,6-7,9-12,18,21H,2,4-5,8,20H2,1H3;1H. The molecular weight excluding hydrogens is 372 g/mol. The van der Waals surface area contributed by atoms with Gasteiger partial charge in [-0.3, -0.25) is 4.79 Å².